The fourth-order valence-electron chi connectivity index (χ4n) is 1.22. The van der Waals surface area contributed by atoms with E-state index in [-0.39, 0.29) is 0 Å². The van der Waals surface area contributed by atoms with Crippen LogP contribution in [0.25, 0.3) is 0 Å². The molecule has 1 rings (SSSR count). The Labute approximate surface area is 64.9 Å². The SMILES string of the molecule is NNC1(C(F)(F)F)CC(F)(F)C1. The number of hydrogen-bond donors (Lipinski definition) is 2. The molecule has 1 saturated carbocycles. The first-order valence-corrected chi connectivity index (χ1v) is 3.15. The van der Waals surface area contributed by atoms with Gasteiger partial charge in [-0.25, -0.2) is 14.2 Å². The van der Waals surface area contributed by atoms with E-state index in [1.165, 1.54) is 5.43 Å². The average Bonchev–Trinajstić information content (AvgIpc) is 1.78. The van der Waals surface area contributed by atoms with Crippen LogP contribution in [0.5, 0.6) is 0 Å². The molecule has 7 heteroatoms. The Bertz CT molecular complexity index is 179. The molecule has 3 N–H and O–H groups in total. The van der Waals surface area contributed by atoms with Gasteiger partial charge in [0.15, 0.2) is 0 Å². The summed E-state index contributed by atoms with van der Waals surface area (Å²) in [5.74, 6) is 1.32. The van der Waals surface area contributed by atoms with Gasteiger partial charge in [-0.05, 0) is 0 Å². The minimum atomic E-state index is -4.72. The van der Waals surface area contributed by atoms with E-state index in [2.05, 4.69) is 5.84 Å². The van der Waals surface area contributed by atoms with E-state index in [1.807, 2.05) is 0 Å². The number of hydrazine groups is 1. The predicted octanol–water partition coefficient (Wildman–Crippen LogP) is 1.18. The lowest BCUT2D eigenvalue weighted by Gasteiger charge is -2.47. The minimum Gasteiger partial charge on any atom is -0.271 e. The van der Waals surface area contributed by atoms with Crippen LogP contribution in [0.4, 0.5) is 22.0 Å². The Morgan fingerprint density at radius 1 is 1.17 bits per heavy atom. The number of halogens is 5. The number of hydrogen-bond acceptors (Lipinski definition) is 2. The molecule has 0 unspecified atom stereocenters. The van der Waals surface area contributed by atoms with Crippen LogP contribution in [-0.4, -0.2) is 17.6 Å². The zero-order valence-electron chi connectivity index (χ0n) is 5.88. The topological polar surface area (TPSA) is 38.0 Å². The van der Waals surface area contributed by atoms with Crippen molar-refractivity contribution in [3.05, 3.63) is 0 Å². The molecule has 1 fully saturated rings. The predicted molar refractivity (Wildman–Crippen MR) is 30.3 cm³/mol. The molecule has 0 aromatic rings. The van der Waals surface area contributed by atoms with E-state index >= 15 is 0 Å². The van der Waals surface area contributed by atoms with Gasteiger partial charge in [0.2, 0.25) is 0 Å². The molecular formula is C5H7F5N2. The van der Waals surface area contributed by atoms with Gasteiger partial charge in [-0.3, -0.25) is 5.84 Å². The van der Waals surface area contributed by atoms with Crippen molar-refractivity contribution in [1.29, 1.82) is 0 Å². The van der Waals surface area contributed by atoms with Crippen LogP contribution in [0.15, 0.2) is 0 Å². The molecule has 1 aliphatic rings. The van der Waals surface area contributed by atoms with Crippen molar-refractivity contribution in [3.63, 3.8) is 0 Å². The summed E-state index contributed by atoms with van der Waals surface area (Å²) in [5.41, 5.74) is -1.18. The quantitative estimate of drug-likeness (QED) is 0.370. The van der Waals surface area contributed by atoms with Crippen molar-refractivity contribution in [2.75, 3.05) is 0 Å². The Hall–Kier alpha value is -0.430. The molecule has 12 heavy (non-hydrogen) atoms. The molecular weight excluding hydrogens is 183 g/mol. The van der Waals surface area contributed by atoms with Gasteiger partial charge in [-0.1, -0.05) is 0 Å². The average molecular weight is 190 g/mol. The van der Waals surface area contributed by atoms with Crippen LogP contribution in [0, 0.1) is 0 Å². The number of rotatable bonds is 1. The highest BCUT2D eigenvalue weighted by atomic mass is 19.4. The van der Waals surface area contributed by atoms with Gasteiger partial charge in [0, 0.05) is 12.8 Å². The van der Waals surface area contributed by atoms with Crippen LogP contribution in [0.3, 0.4) is 0 Å². The van der Waals surface area contributed by atoms with Gasteiger partial charge in [0.25, 0.3) is 5.92 Å². The van der Waals surface area contributed by atoms with Crippen molar-refractivity contribution in [1.82, 2.24) is 5.43 Å². The van der Waals surface area contributed by atoms with Crippen molar-refractivity contribution in [3.8, 4) is 0 Å². The highest BCUT2D eigenvalue weighted by Gasteiger charge is 2.69. The molecule has 0 aromatic heterocycles. The second-order valence-electron chi connectivity index (χ2n) is 2.93. The summed E-state index contributed by atoms with van der Waals surface area (Å²) >= 11 is 0. The van der Waals surface area contributed by atoms with Crippen molar-refractivity contribution in [2.45, 2.75) is 30.5 Å². The lowest BCUT2D eigenvalue weighted by atomic mass is 9.73. The Morgan fingerprint density at radius 2 is 1.58 bits per heavy atom. The highest BCUT2D eigenvalue weighted by molar-refractivity contribution is 5.09. The fraction of sp³-hybridized carbons (Fsp3) is 1.00. The van der Waals surface area contributed by atoms with Gasteiger partial charge in [-0.15, -0.1) is 0 Å². The first-order chi connectivity index (χ1) is 5.22. The van der Waals surface area contributed by atoms with Crippen molar-refractivity contribution >= 4 is 0 Å². The third-order valence-electron chi connectivity index (χ3n) is 1.94. The van der Waals surface area contributed by atoms with Crippen LogP contribution in [0.2, 0.25) is 0 Å². The maximum absolute atomic E-state index is 12.2. The monoisotopic (exact) mass is 190 g/mol. The minimum absolute atomic E-state index is 1.28. The summed E-state index contributed by atoms with van der Waals surface area (Å²) in [6.07, 6.45) is -7.27. The molecule has 0 saturated heterocycles. The molecule has 0 spiro atoms. The van der Waals surface area contributed by atoms with E-state index in [4.69, 9.17) is 0 Å². The van der Waals surface area contributed by atoms with E-state index in [9.17, 15) is 22.0 Å². The van der Waals surface area contributed by atoms with E-state index in [0.29, 0.717) is 0 Å². The Morgan fingerprint density at radius 3 is 1.67 bits per heavy atom. The fourth-order valence-corrected chi connectivity index (χ4v) is 1.22. The van der Waals surface area contributed by atoms with Gasteiger partial charge in [0.05, 0.1) is 0 Å². The molecule has 0 heterocycles. The third-order valence-corrected chi connectivity index (χ3v) is 1.94. The lowest BCUT2D eigenvalue weighted by Crippen LogP contribution is -2.70. The zero-order valence-corrected chi connectivity index (χ0v) is 5.88. The van der Waals surface area contributed by atoms with Crippen LogP contribution in [-0.2, 0) is 0 Å². The third kappa shape index (κ3) is 1.27. The lowest BCUT2D eigenvalue weighted by molar-refractivity contribution is -0.275. The molecule has 2 nitrogen and oxygen atoms in total. The summed E-state index contributed by atoms with van der Waals surface area (Å²) in [5, 5.41) is 0. The first-order valence-electron chi connectivity index (χ1n) is 3.15. The van der Waals surface area contributed by atoms with E-state index in [1.54, 1.807) is 0 Å². The molecule has 1 aliphatic carbocycles. The maximum atomic E-state index is 12.2. The molecule has 0 aromatic carbocycles. The number of nitrogens with one attached hydrogen (secondary N) is 1. The Balaban J connectivity index is 2.72. The normalized spacial score (nSPS) is 26.5. The van der Waals surface area contributed by atoms with Gasteiger partial charge >= 0.3 is 6.18 Å². The number of nitrogens with two attached hydrogens (primary N) is 1. The Kier molecular flexibility index (Phi) is 1.84. The van der Waals surface area contributed by atoms with Crippen LogP contribution in [0.1, 0.15) is 12.8 Å². The largest absolute Gasteiger partial charge is 0.408 e. The van der Waals surface area contributed by atoms with Gasteiger partial charge < -0.3 is 0 Å². The molecule has 0 amide bonds. The zero-order chi connectivity index (χ0) is 9.62. The van der Waals surface area contributed by atoms with Gasteiger partial charge in [-0.2, -0.15) is 13.2 Å². The summed E-state index contributed by atoms with van der Waals surface area (Å²) in [7, 11) is 0. The molecule has 0 aliphatic heterocycles. The number of alkyl halides is 5. The second-order valence-corrected chi connectivity index (χ2v) is 2.93. The molecule has 0 bridgehead atoms. The highest BCUT2D eigenvalue weighted by Crippen LogP contribution is 2.52. The summed E-state index contributed by atoms with van der Waals surface area (Å²) in [6, 6.07) is 0. The van der Waals surface area contributed by atoms with E-state index < -0.39 is 30.5 Å². The maximum Gasteiger partial charge on any atom is 0.408 e. The van der Waals surface area contributed by atoms with Crippen molar-refractivity contribution < 1.29 is 22.0 Å². The smallest absolute Gasteiger partial charge is 0.271 e. The summed E-state index contributed by atoms with van der Waals surface area (Å²) < 4.78 is 60.4. The van der Waals surface area contributed by atoms with E-state index in [0.717, 1.165) is 0 Å². The van der Waals surface area contributed by atoms with Crippen molar-refractivity contribution in [2.24, 2.45) is 5.84 Å². The van der Waals surface area contributed by atoms with Crippen LogP contribution < -0.4 is 11.3 Å². The van der Waals surface area contributed by atoms with Crippen LogP contribution >= 0.6 is 0 Å². The second kappa shape index (κ2) is 2.29. The summed E-state index contributed by atoms with van der Waals surface area (Å²) in [4.78, 5) is 0. The summed E-state index contributed by atoms with van der Waals surface area (Å²) in [6.45, 7) is 0. The van der Waals surface area contributed by atoms with Gasteiger partial charge in [0.1, 0.15) is 5.54 Å². The molecule has 0 atom stereocenters. The standard InChI is InChI=1S/C5H7F5N2/c6-4(7)1-3(2-4,12-11)5(8,9)10/h12H,1-2,11H2. The first kappa shape index (κ1) is 9.66. The molecule has 72 valence electrons. The molecule has 0 radical (unpaired) electrons.